The van der Waals surface area contributed by atoms with Crippen LogP contribution in [-0.2, 0) is 23.0 Å². The highest BCUT2D eigenvalue weighted by molar-refractivity contribution is 7.90. The number of aromatic nitrogens is 1. The molecule has 134 valence electrons. The largest absolute Gasteiger partial charge is 0.489 e. The van der Waals surface area contributed by atoms with Crippen LogP contribution in [0.5, 0.6) is 5.75 Å². The van der Waals surface area contributed by atoms with Gasteiger partial charge in [-0.1, -0.05) is 42.5 Å². The molecule has 3 aromatic rings. The number of nitrogens with zero attached hydrogens (tertiary/aromatic N) is 1. The Kier molecular flexibility index (Phi) is 5.23. The third kappa shape index (κ3) is 4.61. The predicted octanol–water partition coefficient (Wildman–Crippen LogP) is 2.88. The van der Waals surface area contributed by atoms with Gasteiger partial charge in [0, 0.05) is 18.5 Å². The van der Waals surface area contributed by atoms with Crippen molar-refractivity contribution in [2.24, 2.45) is 0 Å². The summed E-state index contributed by atoms with van der Waals surface area (Å²) >= 11 is 0. The molecule has 5 nitrogen and oxygen atoms in total. The fourth-order valence-corrected chi connectivity index (χ4v) is 3.12. The lowest BCUT2D eigenvalue weighted by Crippen LogP contribution is -2.19. The predicted molar refractivity (Wildman–Crippen MR) is 100 cm³/mol. The average Bonchev–Trinajstić information content (AvgIpc) is 2.62. The lowest BCUT2D eigenvalue weighted by atomic mass is 10.2. The highest BCUT2D eigenvalue weighted by Crippen LogP contribution is 2.13. The normalized spacial score (nSPS) is 11.3. The van der Waals surface area contributed by atoms with Gasteiger partial charge in [0.05, 0.1) is 11.4 Å². The second-order valence-electron chi connectivity index (χ2n) is 6.02. The number of sulfone groups is 1. The summed E-state index contributed by atoms with van der Waals surface area (Å²) < 4.78 is 30.2. The Balaban J connectivity index is 1.69. The van der Waals surface area contributed by atoms with E-state index in [1.54, 1.807) is 41.1 Å². The van der Waals surface area contributed by atoms with Crippen molar-refractivity contribution < 1.29 is 13.2 Å². The Morgan fingerprint density at radius 3 is 2.23 bits per heavy atom. The van der Waals surface area contributed by atoms with Gasteiger partial charge in [0.1, 0.15) is 12.4 Å². The summed E-state index contributed by atoms with van der Waals surface area (Å²) in [5, 5.41) is 0. The maximum Gasteiger partial charge on any atom is 0.254 e. The summed E-state index contributed by atoms with van der Waals surface area (Å²) in [6, 6.07) is 19.4. The Morgan fingerprint density at radius 2 is 1.62 bits per heavy atom. The molecule has 1 heterocycles. The highest BCUT2D eigenvalue weighted by Gasteiger charge is 2.07. The van der Waals surface area contributed by atoms with Gasteiger partial charge in [0.2, 0.25) is 0 Å². The molecule has 1 aromatic heterocycles. The maximum absolute atomic E-state index is 12.3. The topological polar surface area (TPSA) is 65.4 Å². The third-order valence-corrected chi connectivity index (χ3v) is 5.05. The van der Waals surface area contributed by atoms with E-state index in [1.165, 1.54) is 12.3 Å². The molecule has 26 heavy (non-hydrogen) atoms. The van der Waals surface area contributed by atoms with E-state index in [9.17, 15) is 13.2 Å². The van der Waals surface area contributed by atoms with Crippen LogP contribution in [0.1, 0.15) is 11.1 Å². The summed E-state index contributed by atoms with van der Waals surface area (Å²) in [7, 11) is -3.22. The molecule has 3 rings (SSSR count). The van der Waals surface area contributed by atoms with E-state index in [2.05, 4.69) is 0 Å². The number of pyridine rings is 1. The zero-order chi connectivity index (χ0) is 18.6. The standard InChI is InChI=1S/C20H19NO4S/c1-26(23,24)19-9-7-16(8-10-19)14-21-12-11-18(13-20(21)22)25-15-17-5-3-2-4-6-17/h2-13H,14-15H2,1H3. The van der Waals surface area contributed by atoms with E-state index in [4.69, 9.17) is 4.74 Å². The molecule has 0 amide bonds. The molecule has 0 fully saturated rings. The van der Waals surface area contributed by atoms with E-state index in [0.717, 1.165) is 11.1 Å². The van der Waals surface area contributed by atoms with Gasteiger partial charge in [0.25, 0.3) is 5.56 Å². The first-order valence-electron chi connectivity index (χ1n) is 8.08. The minimum atomic E-state index is -3.22. The lowest BCUT2D eigenvalue weighted by molar-refractivity contribution is 0.305. The van der Waals surface area contributed by atoms with Gasteiger partial charge in [-0.2, -0.15) is 0 Å². The molecule has 0 radical (unpaired) electrons. The molecule has 0 N–H and O–H groups in total. The molecule has 0 saturated carbocycles. The van der Waals surface area contributed by atoms with Gasteiger partial charge in [-0.25, -0.2) is 8.42 Å². The monoisotopic (exact) mass is 369 g/mol. The van der Waals surface area contributed by atoms with Crippen LogP contribution in [0.15, 0.2) is 82.6 Å². The van der Waals surface area contributed by atoms with Crippen molar-refractivity contribution in [1.29, 1.82) is 0 Å². The third-order valence-electron chi connectivity index (χ3n) is 3.92. The Hall–Kier alpha value is -2.86. The molecular formula is C20H19NO4S. The summed E-state index contributed by atoms with van der Waals surface area (Å²) in [5.41, 5.74) is 1.70. The van der Waals surface area contributed by atoms with E-state index < -0.39 is 9.84 Å². The van der Waals surface area contributed by atoms with Crippen molar-refractivity contribution in [3.8, 4) is 5.75 Å². The van der Waals surface area contributed by atoms with Gasteiger partial charge in [-0.15, -0.1) is 0 Å². The van der Waals surface area contributed by atoms with E-state index >= 15 is 0 Å². The van der Waals surface area contributed by atoms with E-state index in [0.29, 0.717) is 18.9 Å². The van der Waals surface area contributed by atoms with Crippen molar-refractivity contribution in [3.05, 3.63) is 94.4 Å². The van der Waals surface area contributed by atoms with Crippen LogP contribution in [0.2, 0.25) is 0 Å². The Bertz CT molecular complexity index is 1040. The molecule has 0 aliphatic carbocycles. The van der Waals surface area contributed by atoms with Crippen LogP contribution in [0.3, 0.4) is 0 Å². The number of benzene rings is 2. The Labute approximate surface area is 152 Å². The smallest absolute Gasteiger partial charge is 0.254 e. The minimum absolute atomic E-state index is 0.178. The maximum atomic E-state index is 12.3. The second kappa shape index (κ2) is 7.58. The molecule has 0 bridgehead atoms. The number of ether oxygens (including phenoxy) is 1. The van der Waals surface area contributed by atoms with Crippen LogP contribution in [-0.4, -0.2) is 19.2 Å². The van der Waals surface area contributed by atoms with E-state index in [-0.39, 0.29) is 10.5 Å². The van der Waals surface area contributed by atoms with Crippen LogP contribution in [0, 0.1) is 0 Å². The van der Waals surface area contributed by atoms with Crippen molar-refractivity contribution >= 4 is 9.84 Å². The average molecular weight is 369 g/mol. The molecule has 2 aromatic carbocycles. The van der Waals surface area contributed by atoms with Crippen LogP contribution < -0.4 is 10.3 Å². The van der Waals surface area contributed by atoms with E-state index in [1.807, 2.05) is 30.3 Å². The SMILES string of the molecule is CS(=O)(=O)c1ccc(Cn2ccc(OCc3ccccc3)cc2=O)cc1. The summed E-state index contributed by atoms with van der Waals surface area (Å²) in [6.45, 7) is 0.763. The molecule has 0 spiro atoms. The van der Waals surface area contributed by atoms with Crippen molar-refractivity contribution in [2.45, 2.75) is 18.0 Å². The van der Waals surface area contributed by atoms with Crippen molar-refractivity contribution in [2.75, 3.05) is 6.26 Å². The first kappa shape index (κ1) is 17.9. The zero-order valence-corrected chi connectivity index (χ0v) is 15.1. The highest BCUT2D eigenvalue weighted by atomic mass is 32.2. The van der Waals surface area contributed by atoms with Crippen LogP contribution in [0.4, 0.5) is 0 Å². The zero-order valence-electron chi connectivity index (χ0n) is 14.3. The fraction of sp³-hybridized carbons (Fsp3) is 0.150. The van der Waals surface area contributed by atoms with Gasteiger partial charge >= 0.3 is 0 Å². The van der Waals surface area contributed by atoms with Crippen molar-refractivity contribution in [1.82, 2.24) is 4.57 Å². The minimum Gasteiger partial charge on any atom is -0.489 e. The summed E-state index contributed by atoms with van der Waals surface area (Å²) in [6.07, 6.45) is 2.84. The first-order chi connectivity index (χ1) is 12.4. The van der Waals surface area contributed by atoms with Crippen molar-refractivity contribution in [3.63, 3.8) is 0 Å². The van der Waals surface area contributed by atoms with Gasteiger partial charge < -0.3 is 9.30 Å². The number of rotatable bonds is 6. The summed E-state index contributed by atoms with van der Waals surface area (Å²) in [5.74, 6) is 0.516. The summed E-state index contributed by atoms with van der Waals surface area (Å²) in [4.78, 5) is 12.5. The van der Waals surface area contributed by atoms with Crippen LogP contribution >= 0.6 is 0 Å². The number of hydrogen-bond acceptors (Lipinski definition) is 4. The molecule has 0 saturated heterocycles. The number of hydrogen-bond donors (Lipinski definition) is 0. The Morgan fingerprint density at radius 1 is 0.923 bits per heavy atom. The molecule has 0 aliphatic heterocycles. The quantitative estimate of drug-likeness (QED) is 0.670. The lowest BCUT2D eigenvalue weighted by Gasteiger charge is -2.09. The molecule has 0 aliphatic rings. The fourth-order valence-electron chi connectivity index (χ4n) is 2.49. The molecular weight excluding hydrogens is 350 g/mol. The van der Waals surface area contributed by atoms with Gasteiger partial charge in [-0.3, -0.25) is 4.79 Å². The molecule has 0 unspecified atom stereocenters. The van der Waals surface area contributed by atoms with Gasteiger partial charge in [-0.05, 0) is 29.3 Å². The first-order valence-corrected chi connectivity index (χ1v) is 9.97. The van der Waals surface area contributed by atoms with Gasteiger partial charge in [0.15, 0.2) is 9.84 Å². The second-order valence-corrected chi connectivity index (χ2v) is 8.03. The van der Waals surface area contributed by atoms with Crippen LogP contribution in [0.25, 0.3) is 0 Å². The molecule has 6 heteroatoms. The molecule has 0 atom stereocenters.